The van der Waals surface area contributed by atoms with E-state index in [1.54, 1.807) is 25.6 Å². The van der Waals surface area contributed by atoms with Gasteiger partial charge in [-0.05, 0) is 31.0 Å². The number of nitro groups is 1. The second-order valence-electron chi connectivity index (χ2n) is 6.76. The van der Waals surface area contributed by atoms with Gasteiger partial charge in [-0.2, -0.15) is 0 Å². The van der Waals surface area contributed by atoms with Gasteiger partial charge in [-0.15, -0.1) is 11.8 Å². The maximum atomic E-state index is 12.5. The SMILES string of the molecule is COC(=O)C1=C(C)N=C(C)C([N+](=O)[O-])C1c1ccccc1SCc1ccccc1. The van der Waals surface area contributed by atoms with E-state index in [0.29, 0.717) is 11.4 Å². The fourth-order valence-electron chi connectivity index (χ4n) is 3.60. The molecule has 2 aromatic carbocycles. The van der Waals surface area contributed by atoms with E-state index in [2.05, 4.69) is 4.99 Å². The van der Waals surface area contributed by atoms with E-state index in [4.69, 9.17) is 4.74 Å². The molecule has 0 N–H and O–H groups in total. The number of rotatable bonds is 6. The number of allylic oxidation sites excluding steroid dienone is 1. The van der Waals surface area contributed by atoms with Crippen LogP contribution in [0.4, 0.5) is 0 Å². The lowest BCUT2D eigenvalue weighted by Gasteiger charge is -2.28. The molecular formula is C22H22N2O4S. The Kier molecular flexibility index (Phi) is 6.49. The predicted octanol–water partition coefficient (Wildman–Crippen LogP) is 4.63. The molecule has 150 valence electrons. The van der Waals surface area contributed by atoms with Gasteiger partial charge in [-0.25, -0.2) is 4.79 Å². The van der Waals surface area contributed by atoms with E-state index in [1.165, 1.54) is 7.11 Å². The Bertz CT molecular complexity index is 985. The zero-order valence-electron chi connectivity index (χ0n) is 16.5. The summed E-state index contributed by atoms with van der Waals surface area (Å²) in [5.74, 6) is -0.621. The quantitative estimate of drug-likeness (QED) is 0.300. The van der Waals surface area contributed by atoms with E-state index < -0.39 is 17.9 Å². The number of thioether (sulfide) groups is 1. The minimum atomic E-state index is -1.12. The number of aliphatic imine (C=N–C) groups is 1. The van der Waals surface area contributed by atoms with Crippen LogP contribution in [0.5, 0.6) is 0 Å². The van der Waals surface area contributed by atoms with Crippen molar-refractivity contribution in [3.05, 3.63) is 87.1 Å². The molecule has 29 heavy (non-hydrogen) atoms. The van der Waals surface area contributed by atoms with E-state index in [-0.39, 0.29) is 10.5 Å². The highest BCUT2D eigenvalue weighted by molar-refractivity contribution is 7.98. The number of hydrogen-bond acceptors (Lipinski definition) is 6. The van der Waals surface area contributed by atoms with Crippen molar-refractivity contribution in [3.63, 3.8) is 0 Å². The molecule has 0 aromatic heterocycles. The van der Waals surface area contributed by atoms with E-state index in [0.717, 1.165) is 21.8 Å². The predicted molar refractivity (Wildman–Crippen MR) is 114 cm³/mol. The molecule has 0 spiro atoms. The van der Waals surface area contributed by atoms with Crippen LogP contribution in [0.25, 0.3) is 0 Å². The summed E-state index contributed by atoms with van der Waals surface area (Å²) in [6.45, 7) is 3.33. The number of benzene rings is 2. The molecule has 2 aromatic rings. The van der Waals surface area contributed by atoms with Crippen molar-refractivity contribution < 1.29 is 14.5 Å². The average Bonchev–Trinajstić information content (AvgIpc) is 2.72. The van der Waals surface area contributed by atoms with Crippen LogP contribution in [0.1, 0.15) is 30.9 Å². The Morgan fingerprint density at radius 3 is 2.45 bits per heavy atom. The zero-order valence-corrected chi connectivity index (χ0v) is 17.3. The Hall–Kier alpha value is -2.93. The second kappa shape index (κ2) is 9.05. The maximum absolute atomic E-state index is 12.5. The van der Waals surface area contributed by atoms with Crippen LogP contribution >= 0.6 is 11.8 Å². The molecule has 3 rings (SSSR count). The van der Waals surface area contributed by atoms with Crippen molar-refractivity contribution in [1.29, 1.82) is 0 Å². The van der Waals surface area contributed by atoms with Gasteiger partial charge < -0.3 is 4.74 Å². The molecule has 0 radical (unpaired) electrons. The lowest BCUT2D eigenvalue weighted by atomic mass is 9.80. The van der Waals surface area contributed by atoms with Crippen LogP contribution in [0.2, 0.25) is 0 Å². The highest BCUT2D eigenvalue weighted by atomic mass is 32.2. The van der Waals surface area contributed by atoms with Gasteiger partial charge in [-0.3, -0.25) is 15.1 Å². The molecule has 1 aliphatic heterocycles. The van der Waals surface area contributed by atoms with Crippen molar-refractivity contribution in [2.45, 2.75) is 36.5 Å². The molecule has 2 atom stereocenters. The number of ether oxygens (including phenoxy) is 1. The zero-order chi connectivity index (χ0) is 21.0. The molecule has 1 aliphatic rings. The molecule has 0 fully saturated rings. The fourth-order valence-corrected chi connectivity index (χ4v) is 4.65. The van der Waals surface area contributed by atoms with Gasteiger partial charge in [0.2, 0.25) is 0 Å². The monoisotopic (exact) mass is 410 g/mol. The summed E-state index contributed by atoms with van der Waals surface area (Å²) in [4.78, 5) is 29.3. The highest BCUT2D eigenvalue weighted by Gasteiger charge is 2.45. The Morgan fingerprint density at radius 2 is 1.79 bits per heavy atom. The van der Waals surface area contributed by atoms with Crippen molar-refractivity contribution in [1.82, 2.24) is 0 Å². The molecule has 2 unspecified atom stereocenters. The van der Waals surface area contributed by atoms with E-state index >= 15 is 0 Å². The smallest absolute Gasteiger partial charge is 0.336 e. The highest BCUT2D eigenvalue weighted by Crippen LogP contribution is 2.41. The molecule has 0 aliphatic carbocycles. The minimum absolute atomic E-state index is 0.243. The third-order valence-electron chi connectivity index (χ3n) is 4.91. The molecule has 0 bridgehead atoms. The Morgan fingerprint density at radius 1 is 1.14 bits per heavy atom. The summed E-state index contributed by atoms with van der Waals surface area (Å²) >= 11 is 1.59. The van der Waals surface area contributed by atoms with Crippen molar-refractivity contribution in [2.24, 2.45) is 4.99 Å². The molecule has 0 amide bonds. The summed E-state index contributed by atoms with van der Waals surface area (Å²) in [6.07, 6.45) is 0. The van der Waals surface area contributed by atoms with Crippen molar-refractivity contribution in [2.75, 3.05) is 7.11 Å². The number of esters is 1. The van der Waals surface area contributed by atoms with Gasteiger partial charge >= 0.3 is 5.97 Å². The molecule has 1 heterocycles. The van der Waals surface area contributed by atoms with Gasteiger partial charge in [0, 0.05) is 21.3 Å². The van der Waals surface area contributed by atoms with Crippen LogP contribution in [-0.4, -0.2) is 29.8 Å². The lowest BCUT2D eigenvalue weighted by molar-refractivity contribution is -0.505. The van der Waals surface area contributed by atoms with E-state index in [9.17, 15) is 14.9 Å². The summed E-state index contributed by atoms with van der Waals surface area (Å²) in [5.41, 5.74) is 2.98. The third kappa shape index (κ3) is 4.40. The normalized spacial score (nSPS) is 18.9. The first-order chi connectivity index (χ1) is 13.9. The number of hydrogen-bond donors (Lipinski definition) is 0. The molecule has 6 nitrogen and oxygen atoms in total. The number of methoxy groups -OCH3 is 1. The first kappa shape index (κ1) is 20.8. The van der Waals surface area contributed by atoms with Gasteiger partial charge in [-0.1, -0.05) is 48.5 Å². The van der Waals surface area contributed by atoms with Gasteiger partial charge in [0.25, 0.3) is 6.04 Å². The number of carbonyl (C=O) groups is 1. The Balaban J connectivity index is 2.07. The maximum Gasteiger partial charge on any atom is 0.336 e. The van der Waals surface area contributed by atoms with Gasteiger partial charge in [0.1, 0.15) is 0 Å². The summed E-state index contributed by atoms with van der Waals surface area (Å²) in [5, 5.41) is 11.9. The van der Waals surface area contributed by atoms with Crippen LogP contribution in [0, 0.1) is 10.1 Å². The van der Waals surface area contributed by atoms with Crippen LogP contribution in [0.3, 0.4) is 0 Å². The molecule has 0 saturated heterocycles. The van der Waals surface area contributed by atoms with Crippen LogP contribution in [0.15, 0.2) is 75.8 Å². The first-order valence-corrected chi connectivity index (χ1v) is 10.2. The van der Waals surface area contributed by atoms with Gasteiger partial charge in [0.15, 0.2) is 0 Å². The average molecular weight is 410 g/mol. The first-order valence-electron chi connectivity index (χ1n) is 9.17. The Labute approximate surface area is 173 Å². The molecule has 0 saturated carbocycles. The molecular weight excluding hydrogens is 388 g/mol. The number of nitrogens with zero attached hydrogens (tertiary/aromatic N) is 2. The van der Waals surface area contributed by atoms with Crippen molar-refractivity contribution in [3.8, 4) is 0 Å². The van der Waals surface area contributed by atoms with Gasteiger partial charge in [0.05, 0.1) is 24.3 Å². The van der Waals surface area contributed by atoms with Crippen LogP contribution in [-0.2, 0) is 15.3 Å². The summed E-state index contributed by atoms with van der Waals surface area (Å²) < 4.78 is 4.95. The summed E-state index contributed by atoms with van der Waals surface area (Å²) in [7, 11) is 1.28. The molecule has 7 heteroatoms. The van der Waals surface area contributed by atoms with Crippen molar-refractivity contribution >= 4 is 23.4 Å². The topological polar surface area (TPSA) is 81.8 Å². The fraction of sp³-hybridized carbons (Fsp3) is 0.273. The summed E-state index contributed by atoms with van der Waals surface area (Å²) in [6, 6.07) is 16.4. The number of carbonyl (C=O) groups excluding carboxylic acids is 1. The largest absolute Gasteiger partial charge is 0.466 e. The standard InChI is InChI=1S/C22H22N2O4S/c1-14-19(22(25)28-3)20(21(24(26)27)15(2)23-14)17-11-7-8-12-18(17)29-13-16-9-5-4-6-10-16/h4-12,20-21H,13H2,1-3H3. The third-order valence-corrected chi connectivity index (χ3v) is 6.07. The lowest BCUT2D eigenvalue weighted by Crippen LogP contribution is -2.40. The minimum Gasteiger partial charge on any atom is -0.466 e. The second-order valence-corrected chi connectivity index (χ2v) is 7.78. The van der Waals surface area contributed by atoms with E-state index in [1.807, 2.05) is 54.6 Å². The van der Waals surface area contributed by atoms with Crippen LogP contribution < -0.4 is 0 Å².